The van der Waals surface area contributed by atoms with Crippen LogP contribution in [0.5, 0.6) is 0 Å². The molecule has 4 nitrogen and oxygen atoms in total. The predicted octanol–water partition coefficient (Wildman–Crippen LogP) is 8.48. The van der Waals surface area contributed by atoms with E-state index >= 15 is 0 Å². The van der Waals surface area contributed by atoms with Crippen LogP contribution in [0.15, 0.2) is 30.3 Å². The van der Waals surface area contributed by atoms with Gasteiger partial charge in [0.15, 0.2) is 0 Å². The summed E-state index contributed by atoms with van der Waals surface area (Å²) in [5, 5.41) is 0. The van der Waals surface area contributed by atoms with Gasteiger partial charge < -0.3 is 9.47 Å². The number of carbonyl (C=O) groups excluding carboxylic acids is 2. The molecule has 12 atom stereocenters. The molecular weight excluding hydrogens is 508 g/mol. The number of hydrogen-bond donors (Lipinski definition) is 0. The zero-order valence-electron chi connectivity index (χ0n) is 26.5. The Hall–Kier alpha value is -1.84. The fraction of sp³-hybridized carbons (Fsp3) is 0.784. The first-order chi connectivity index (χ1) is 19.3. The van der Waals surface area contributed by atoms with Gasteiger partial charge in [-0.25, -0.2) is 4.79 Å². The number of esters is 2. The van der Waals surface area contributed by atoms with Gasteiger partial charge in [-0.05, 0) is 116 Å². The molecule has 1 aliphatic heterocycles. The van der Waals surface area contributed by atoms with Gasteiger partial charge in [-0.3, -0.25) is 4.79 Å². The van der Waals surface area contributed by atoms with E-state index in [0.29, 0.717) is 41.1 Å². The predicted molar refractivity (Wildman–Crippen MR) is 160 cm³/mol. The maximum Gasteiger partial charge on any atom is 0.338 e. The van der Waals surface area contributed by atoms with Crippen molar-refractivity contribution in [2.75, 3.05) is 0 Å². The molecule has 224 valence electrons. The summed E-state index contributed by atoms with van der Waals surface area (Å²) in [5.74, 6) is 3.10. The Labute approximate surface area is 247 Å². The van der Waals surface area contributed by atoms with Gasteiger partial charge in [0.25, 0.3) is 0 Å². The summed E-state index contributed by atoms with van der Waals surface area (Å²) in [7, 11) is 0. The van der Waals surface area contributed by atoms with Crippen molar-refractivity contribution in [3.8, 4) is 0 Å². The lowest BCUT2D eigenvalue weighted by Gasteiger charge is -2.76. The van der Waals surface area contributed by atoms with Crippen LogP contribution in [0.2, 0.25) is 0 Å². The average molecular weight is 561 g/mol. The molecule has 1 heterocycles. The number of benzene rings is 1. The molecule has 1 aromatic rings. The summed E-state index contributed by atoms with van der Waals surface area (Å²) < 4.78 is 12.9. The third kappa shape index (κ3) is 3.46. The van der Waals surface area contributed by atoms with Crippen molar-refractivity contribution < 1.29 is 19.1 Å². The van der Waals surface area contributed by atoms with Crippen molar-refractivity contribution in [1.82, 2.24) is 0 Å². The van der Waals surface area contributed by atoms with Gasteiger partial charge >= 0.3 is 11.9 Å². The standard InChI is InChI=1S/C37H52O4/c1-22-13-18-37-20-19-36(7)30(29(37)23(22)2)25(40-32(37)39)21-27-34(5)16-15-28(41-31(38)24-11-9-8-10-12-24)33(3,4)26(34)14-17-35(27,36)6/h8-12,22-23,25-30H,13-21H2,1-7H3/t22-,23+,25-,26+,27-,28-,29+,30+,34+,35-,36-,37+/m1/s1. The van der Waals surface area contributed by atoms with E-state index in [9.17, 15) is 9.59 Å². The molecule has 6 aliphatic rings. The molecular formula is C37H52O4. The van der Waals surface area contributed by atoms with Crippen molar-refractivity contribution in [3.63, 3.8) is 0 Å². The Morgan fingerprint density at radius 2 is 1.56 bits per heavy atom. The number of hydrogen-bond acceptors (Lipinski definition) is 4. The lowest BCUT2D eigenvalue weighted by atomic mass is 9.30. The third-order valence-corrected chi connectivity index (χ3v) is 15.4. The quantitative estimate of drug-likeness (QED) is 0.340. The van der Waals surface area contributed by atoms with Crippen molar-refractivity contribution in [3.05, 3.63) is 35.9 Å². The summed E-state index contributed by atoms with van der Waals surface area (Å²) in [4.78, 5) is 27.0. The van der Waals surface area contributed by atoms with Crippen LogP contribution in [-0.2, 0) is 14.3 Å². The molecule has 1 saturated heterocycles. The van der Waals surface area contributed by atoms with Crippen LogP contribution >= 0.6 is 0 Å². The second-order valence-corrected chi connectivity index (χ2v) is 16.9. The van der Waals surface area contributed by atoms with Crippen molar-refractivity contribution in [2.45, 2.75) is 118 Å². The smallest absolute Gasteiger partial charge is 0.338 e. The Morgan fingerprint density at radius 1 is 0.829 bits per heavy atom. The molecule has 2 bridgehead atoms. The van der Waals surface area contributed by atoms with E-state index in [0.717, 1.165) is 44.9 Å². The largest absolute Gasteiger partial charge is 0.462 e. The molecule has 1 aromatic carbocycles. The summed E-state index contributed by atoms with van der Waals surface area (Å²) in [6.07, 6.45) is 9.70. The number of ether oxygens (including phenoxy) is 2. The number of rotatable bonds is 2. The van der Waals surface area contributed by atoms with Gasteiger partial charge in [0, 0.05) is 11.3 Å². The van der Waals surface area contributed by atoms with E-state index in [-0.39, 0.29) is 51.2 Å². The molecule has 0 aromatic heterocycles. The molecule has 0 unspecified atom stereocenters. The number of carbonyl (C=O) groups is 2. The first-order valence-corrected chi connectivity index (χ1v) is 16.8. The van der Waals surface area contributed by atoms with Crippen molar-refractivity contribution in [2.24, 2.45) is 62.6 Å². The van der Waals surface area contributed by atoms with Crippen LogP contribution in [0.4, 0.5) is 0 Å². The monoisotopic (exact) mass is 560 g/mol. The van der Waals surface area contributed by atoms with Gasteiger partial charge in [0.2, 0.25) is 0 Å². The molecule has 41 heavy (non-hydrogen) atoms. The first kappa shape index (κ1) is 28.0. The molecule has 0 amide bonds. The molecule has 4 heteroatoms. The van der Waals surface area contributed by atoms with Crippen LogP contribution in [0.3, 0.4) is 0 Å². The minimum Gasteiger partial charge on any atom is -0.462 e. The third-order valence-electron chi connectivity index (χ3n) is 15.4. The molecule has 5 saturated carbocycles. The van der Waals surface area contributed by atoms with E-state index in [1.807, 2.05) is 30.3 Å². The Bertz CT molecular complexity index is 1240. The molecule has 0 spiro atoms. The van der Waals surface area contributed by atoms with E-state index in [1.54, 1.807) is 0 Å². The zero-order valence-corrected chi connectivity index (χ0v) is 26.5. The second-order valence-electron chi connectivity index (χ2n) is 16.9. The van der Waals surface area contributed by atoms with Crippen LogP contribution in [0.25, 0.3) is 0 Å². The Balaban J connectivity index is 1.22. The summed E-state index contributed by atoms with van der Waals surface area (Å²) in [6.45, 7) is 17.4. The molecule has 6 fully saturated rings. The number of fused-ring (bicyclic) bond motifs is 4. The van der Waals surface area contributed by atoms with E-state index in [1.165, 1.54) is 12.8 Å². The van der Waals surface area contributed by atoms with Crippen LogP contribution < -0.4 is 0 Å². The van der Waals surface area contributed by atoms with E-state index in [2.05, 4.69) is 48.5 Å². The topological polar surface area (TPSA) is 52.6 Å². The molecule has 7 rings (SSSR count). The van der Waals surface area contributed by atoms with Crippen LogP contribution in [-0.4, -0.2) is 24.1 Å². The highest BCUT2D eigenvalue weighted by molar-refractivity contribution is 5.89. The van der Waals surface area contributed by atoms with E-state index < -0.39 is 0 Å². The van der Waals surface area contributed by atoms with E-state index in [4.69, 9.17) is 9.47 Å². The highest BCUT2D eigenvalue weighted by atomic mass is 16.6. The van der Waals surface area contributed by atoms with Gasteiger partial charge in [-0.15, -0.1) is 0 Å². The van der Waals surface area contributed by atoms with Gasteiger partial charge in [0.1, 0.15) is 12.2 Å². The summed E-state index contributed by atoms with van der Waals surface area (Å²) >= 11 is 0. The SMILES string of the molecule is C[C@@H]1[C@H]2[C@@H]3[C@H]4C[C@@H]5[C@@]6(C)CC[C@@H](OC(=O)c7ccccc7)C(C)(C)[C@@H]6CC[C@@]5(C)[C@]3(C)CC[C@]2(CC[C@H]1C)C(=O)O4. The molecule has 0 radical (unpaired) electrons. The van der Waals surface area contributed by atoms with Crippen molar-refractivity contribution in [1.29, 1.82) is 0 Å². The maximum atomic E-state index is 13.9. The molecule has 0 N–H and O–H groups in total. The highest BCUT2D eigenvalue weighted by Gasteiger charge is 2.76. The lowest BCUT2D eigenvalue weighted by Crippen LogP contribution is -2.73. The average Bonchev–Trinajstić information content (AvgIpc) is 2.93. The summed E-state index contributed by atoms with van der Waals surface area (Å²) in [6, 6.07) is 9.45. The van der Waals surface area contributed by atoms with Crippen LogP contribution in [0, 0.1) is 62.6 Å². The van der Waals surface area contributed by atoms with Crippen LogP contribution in [0.1, 0.15) is 117 Å². The molecule has 5 aliphatic carbocycles. The minimum absolute atomic E-state index is 0.0454. The summed E-state index contributed by atoms with van der Waals surface area (Å²) in [5.41, 5.74) is 0.811. The minimum atomic E-state index is -0.237. The van der Waals surface area contributed by atoms with Crippen molar-refractivity contribution >= 4 is 11.9 Å². The lowest BCUT2D eigenvalue weighted by molar-refractivity contribution is -0.305. The first-order valence-electron chi connectivity index (χ1n) is 16.8. The van der Waals surface area contributed by atoms with Gasteiger partial charge in [0.05, 0.1) is 11.0 Å². The normalized spacial score (nSPS) is 51.3. The maximum absolute atomic E-state index is 13.9. The Morgan fingerprint density at radius 3 is 2.29 bits per heavy atom. The second kappa shape index (κ2) is 8.85. The van der Waals surface area contributed by atoms with Gasteiger partial charge in [-0.2, -0.15) is 0 Å². The highest BCUT2D eigenvalue weighted by Crippen LogP contribution is 2.78. The Kier molecular flexibility index (Phi) is 6.04. The zero-order chi connectivity index (χ0) is 29.2. The fourth-order valence-electron chi connectivity index (χ4n) is 12.9. The van der Waals surface area contributed by atoms with Gasteiger partial charge in [-0.1, -0.05) is 66.7 Å². The fourth-order valence-corrected chi connectivity index (χ4v) is 12.9.